The molecule has 0 aliphatic carbocycles. The molecule has 0 aliphatic heterocycles. The van der Waals surface area contributed by atoms with Crippen molar-refractivity contribution in [3.63, 3.8) is 0 Å². The molecule has 0 saturated heterocycles. The van der Waals surface area contributed by atoms with E-state index in [0.29, 0.717) is 12.1 Å². The summed E-state index contributed by atoms with van der Waals surface area (Å²) in [6.45, 7) is 2.49. The van der Waals surface area contributed by atoms with Gasteiger partial charge in [-0.05, 0) is 30.2 Å². The molecule has 2 rings (SSSR count). The van der Waals surface area contributed by atoms with Crippen LogP contribution in [0.3, 0.4) is 0 Å². The molecule has 1 aromatic heterocycles. The zero-order valence-corrected chi connectivity index (χ0v) is 8.79. The summed E-state index contributed by atoms with van der Waals surface area (Å²) in [6.07, 6.45) is 3.10. The lowest BCUT2D eigenvalue weighted by Crippen LogP contribution is -2.04. The van der Waals surface area contributed by atoms with Gasteiger partial charge in [-0.2, -0.15) is 5.10 Å². The van der Waals surface area contributed by atoms with E-state index in [9.17, 15) is 4.79 Å². The highest BCUT2D eigenvalue weighted by molar-refractivity contribution is 5.87. The van der Waals surface area contributed by atoms with E-state index in [1.807, 2.05) is 6.92 Å². The number of carboxylic acids is 1. The average molecular weight is 217 g/mol. The summed E-state index contributed by atoms with van der Waals surface area (Å²) in [5.74, 6) is -0.907. The first-order valence-corrected chi connectivity index (χ1v) is 4.82. The van der Waals surface area contributed by atoms with Crippen molar-refractivity contribution in [3.8, 4) is 0 Å². The third kappa shape index (κ3) is 2.08. The fourth-order valence-corrected chi connectivity index (χ4v) is 1.50. The van der Waals surface area contributed by atoms with E-state index in [4.69, 9.17) is 5.11 Å². The first-order valence-electron chi connectivity index (χ1n) is 4.82. The van der Waals surface area contributed by atoms with Gasteiger partial charge in [-0.15, -0.1) is 0 Å². The van der Waals surface area contributed by atoms with E-state index in [-0.39, 0.29) is 0 Å². The van der Waals surface area contributed by atoms with Crippen LogP contribution in [0.2, 0.25) is 0 Å². The van der Waals surface area contributed by atoms with Gasteiger partial charge in [-0.3, -0.25) is 0 Å². The van der Waals surface area contributed by atoms with E-state index in [2.05, 4.69) is 10.1 Å². The van der Waals surface area contributed by atoms with Gasteiger partial charge in [0, 0.05) is 0 Å². The van der Waals surface area contributed by atoms with Crippen LogP contribution in [0.4, 0.5) is 0 Å². The van der Waals surface area contributed by atoms with Crippen LogP contribution >= 0.6 is 0 Å². The minimum atomic E-state index is -0.907. The molecule has 1 aromatic carbocycles. The predicted molar refractivity (Wildman–Crippen MR) is 57.3 cm³/mol. The van der Waals surface area contributed by atoms with Crippen molar-refractivity contribution in [1.82, 2.24) is 14.8 Å². The van der Waals surface area contributed by atoms with Crippen LogP contribution in [0.25, 0.3) is 0 Å². The van der Waals surface area contributed by atoms with E-state index in [0.717, 1.165) is 11.1 Å². The number of aromatic nitrogens is 3. The minimum absolute atomic E-state index is 0.305. The number of aromatic carboxylic acids is 1. The first-order chi connectivity index (χ1) is 7.66. The van der Waals surface area contributed by atoms with Crippen molar-refractivity contribution in [2.75, 3.05) is 0 Å². The highest BCUT2D eigenvalue weighted by Crippen LogP contribution is 2.12. The molecule has 0 radical (unpaired) electrons. The maximum Gasteiger partial charge on any atom is 0.335 e. The second-order valence-corrected chi connectivity index (χ2v) is 3.54. The Balaban J connectivity index is 2.26. The third-order valence-electron chi connectivity index (χ3n) is 2.39. The number of hydrogen-bond acceptors (Lipinski definition) is 3. The summed E-state index contributed by atoms with van der Waals surface area (Å²) >= 11 is 0. The molecule has 1 heterocycles. The van der Waals surface area contributed by atoms with Crippen molar-refractivity contribution in [2.45, 2.75) is 13.5 Å². The Bertz CT molecular complexity index is 506. The Morgan fingerprint density at radius 3 is 2.88 bits per heavy atom. The van der Waals surface area contributed by atoms with Gasteiger partial charge in [0.25, 0.3) is 0 Å². The molecule has 2 aromatic rings. The number of nitrogens with zero attached hydrogens (tertiary/aromatic N) is 3. The van der Waals surface area contributed by atoms with Crippen LogP contribution in [0.1, 0.15) is 21.5 Å². The summed E-state index contributed by atoms with van der Waals surface area (Å²) in [5.41, 5.74) is 2.28. The van der Waals surface area contributed by atoms with Gasteiger partial charge < -0.3 is 5.11 Å². The topological polar surface area (TPSA) is 68.0 Å². The van der Waals surface area contributed by atoms with E-state index in [1.54, 1.807) is 29.2 Å². The van der Waals surface area contributed by atoms with E-state index >= 15 is 0 Å². The second-order valence-electron chi connectivity index (χ2n) is 3.54. The maximum atomic E-state index is 10.8. The summed E-state index contributed by atoms with van der Waals surface area (Å²) < 4.78 is 1.70. The van der Waals surface area contributed by atoms with Crippen LogP contribution in [-0.2, 0) is 6.54 Å². The average Bonchev–Trinajstić information content (AvgIpc) is 2.73. The summed E-state index contributed by atoms with van der Waals surface area (Å²) in [6, 6.07) is 5.07. The lowest BCUT2D eigenvalue weighted by Gasteiger charge is -2.06. The molecule has 0 amide bonds. The summed E-state index contributed by atoms with van der Waals surface area (Å²) in [7, 11) is 0. The Labute approximate surface area is 92.4 Å². The molecule has 5 heteroatoms. The quantitative estimate of drug-likeness (QED) is 0.842. The van der Waals surface area contributed by atoms with Gasteiger partial charge in [0.15, 0.2) is 0 Å². The van der Waals surface area contributed by atoms with Crippen LogP contribution in [0, 0.1) is 6.92 Å². The van der Waals surface area contributed by atoms with E-state index < -0.39 is 5.97 Å². The third-order valence-corrected chi connectivity index (χ3v) is 2.39. The number of carboxylic acid groups (broad SMARTS) is 1. The first kappa shape index (κ1) is 10.4. The fraction of sp³-hybridized carbons (Fsp3) is 0.182. The van der Waals surface area contributed by atoms with Gasteiger partial charge in [-0.25, -0.2) is 14.5 Å². The number of aryl methyl sites for hydroxylation is 1. The second kappa shape index (κ2) is 4.14. The standard InChI is InChI=1S/C11H11N3O2/c1-8-4-9(11(15)16)2-3-10(8)5-14-7-12-6-13-14/h2-4,6-7H,5H2,1H3,(H,15,16). The predicted octanol–water partition coefficient (Wildman–Crippen LogP) is 1.33. The Morgan fingerprint density at radius 2 is 2.31 bits per heavy atom. The molecule has 5 nitrogen and oxygen atoms in total. The molecule has 0 fully saturated rings. The molecule has 0 unspecified atom stereocenters. The molecule has 0 atom stereocenters. The van der Waals surface area contributed by atoms with Crippen LogP contribution in [-0.4, -0.2) is 25.8 Å². The van der Waals surface area contributed by atoms with Gasteiger partial charge in [0.05, 0.1) is 12.1 Å². The zero-order valence-electron chi connectivity index (χ0n) is 8.79. The van der Waals surface area contributed by atoms with Crippen molar-refractivity contribution in [2.24, 2.45) is 0 Å². The molecule has 16 heavy (non-hydrogen) atoms. The number of benzene rings is 1. The molecular weight excluding hydrogens is 206 g/mol. The SMILES string of the molecule is Cc1cc(C(=O)O)ccc1Cn1cncn1. The van der Waals surface area contributed by atoms with Gasteiger partial charge in [0.2, 0.25) is 0 Å². The maximum absolute atomic E-state index is 10.8. The molecule has 0 saturated carbocycles. The highest BCUT2D eigenvalue weighted by atomic mass is 16.4. The molecule has 0 spiro atoms. The molecule has 1 N–H and O–H groups in total. The normalized spacial score (nSPS) is 10.3. The number of carbonyl (C=O) groups is 1. The summed E-state index contributed by atoms with van der Waals surface area (Å²) in [5, 5.41) is 12.8. The van der Waals surface area contributed by atoms with Crippen molar-refractivity contribution < 1.29 is 9.90 Å². The van der Waals surface area contributed by atoms with Crippen LogP contribution < -0.4 is 0 Å². The lowest BCUT2D eigenvalue weighted by atomic mass is 10.1. The Morgan fingerprint density at radius 1 is 1.50 bits per heavy atom. The highest BCUT2D eigenvalue weighted by Gasteiger charge is 2.06. The zero-order chi connectivity index (χ0) is 11.5. The molecule has 0 bridgehead atoms. The minimum Gasteiger partial charge on any atom is -0.478 e. The van der Waals surface area contributed by atoms with Gasteiger partial charge in [-0.1, -0.05) is 6.07 Å². The number of hydrogen-bond donors (Lipinski definition) is 1. The van der Waals surface area contributed by atoms with E-state index in [1.165, 1.54) is 6.33 Å². The number of rotatable bonds is 3. The smallest absolute Gasteiger partial charge is 0.335 e. The molecule has 82 valence electrons. The van der Waals surface area contributed by atoms with Crippen molar-refractivity contribution >= 4 is 5.97 Å². The van der Waals surface area contributed by atoms with Crippen molar-refractivity contribution in [3.05, 3.63) is 47.5 Å². The Hall–Kier alpha value is -2.17. The van der Waals surface area contributed by atoms with Gasteiger partial charge >= 0.3 is 5.97 Å². The summed E-state index contributed by atoms with van der Waals surface area (Å²) in [4.78, 5) is 14.6. The molecule has 0 aliphatic rings. The largest absolute Gasteiger partial charge is 0.478 e. The van der Waals surface area contributed by atoms with Gasteiger partial charge in [0.1, 0.15) is 12.7 Å². The van der Waals surface area contributed by atoms with Crippen LogP contribution in [0.15, 0.2) is 30.9 Å². The molecular formula is C11H11N3O2. The lowest BCUT2D eigenvalue weighted by molar-refractivity contribution is 0.0697. The van der Waals surface area contributed by atoms with Crippen LogP contribution in [0.5, 0.6) is 0 Å². The monoisotopic (exact) mass is 217 g/mol. The van der Waals surface area contributed by atoms with Crippen molar-refractivity contribution in [1.29, 1.82) is 0 Å². The Kier molecular flexibility index (Phi) is 2.68. The fourth-order valence-electron chi connectivity index (χ4n) is 1.50.